The number of aromatic nitrogens is 3. The molecule has 8 nitrogen and oxygen atoms in total. The normalized spacial score (nSPS) is 10.7. The van der Waals surface area contributed by atoms with Crippen molar-refractivity contribution in [2.45, 2.75) is 12.1 Å². The monoisotopic (exact) mass is 493 g/mol. The van der Waals surface area contributed by atoms with Crippen molar-refractivity contribution < 1.29 is 14.3 Å². The summed E-state index contributed by atoms with van der Waals surface area (Å²) in [6.45, 7) is 1.96. The van der Waals surface area contributed by atoms with Crippen LogP contribution in [0.1, 0.15) is 15.9 Å². The summed E-state index contributed by atoms with van der Waals surface area (Å²) < 4.78 is 7.24. The number of nitrogens with one attached hydrogen (secondary N) is 2. The van der Waals surface area contributed by atoms with Gasteiger partial charge in [0.25, 0.3) is 5.91 Å². The van der Waals surface area contributed by atoms with Gasteiger partial charge < -0.3 is 19.9 Å². The fourth-order valence-corrected chi connectivity index (χ4v) is 4.62. The van der Waals surface area contributed by atoms with Crippen LogP contribution in [0.15, 0.2) is 65.1 Å². The van der Waals surface area contributed by atoms with Crippen LogP contribution in [0.3, 0.4) is 0 Å². The maximum atomic E-state index is 12.7. The third kappa shape index (κ3) is 5.46. The van der Waals surface area contributed by atoms with Crippen LogP contribution in [0.4, 0.5) is 11.4 Å². The van der Waals surface area contributed by atoms with Gasteiger partial charge in [0.05, 0.1) is 23.4 Å². The van der Waals surface area contributed by atoms with Crippen LogP contribution in [0.5, 0.6) is 5.75 Å². The Kier molecular flexibility index (Phi) is 7.29. The summed E-state index contributed by atoms with van der Waals surface area (Å²) in [6, 6.07) is 16.3. The third-order valence-corrected chi connectivity index (χ3v) is 6.84. The molecule has 0 aliphatic rings. The molecule has 0 aliphatic carbocycles. The molecule has 0 fully saturated rings. The van der Waals surface area contributed by atoms with Gasteiger partial charge >= 0.3 is 0 Å². The zero-order valence-electron chi connectivity index (χ0n) is 18.9. The van der Waals surface area contributed by atoms with Gasteiger partial charge in [-0.1, -0.05) is 35.5 Å². The highest BCUT2D eigenvalue weighted by molar-refractivity contribution is 7.99. The van der Waals surface area contributed by atoms with Crippen molar-refractivity contribution in [2.24, 2.45) is 7.05 Å². The first-order valence-electron chi connectivity index (χ1n) is 10.4. The van der Waals surface area contributed by atoms with Gasteiger partial charge in [0.1, 0.15) is 5.75 Å². The Hall–Kier alpha value is -3.63. The Morgan fingerprint density at radius 2 is 1.88 bits per heavy atom. The minimum atomic E-state index is -0.234. The number of rotatable bonds is 8. The summed E-state index contributed by atoms with van der Waals surface area (Å²) in [5.74, 6) is 0.925. The molecule has 2 amide bonds. The number of ether oxygens (including phenoxy) is 1. The molecule has 34 heavy (non-hydrogen) atoms. The Morgan fingerprint density at radius 1 is 1.09 bits per heavy atom. The predicted molar refractivity (Wildman–Crippen MR) is 136 cm³/mol. The molecule has 0 bridgehead atoms. The molecule has 0 aliphatic heterocycles. The topological polar surface area (TPSA) is 98.1 Å². The molecule has 2 aromatic carbocycles. The molecule has 4 rings (SSSR count). The van der Waals surface area contributed by atoms with Crippen molar-refractivity contribution in [1.29, 1.82) is 0 Å². The summed E-state index contributed by atoms with van der Waals surface area (Å²) in [5, 5.41) is 16.8. The zero-order chi connectivity index (χ0) is 24.1. The Balaban J connectivity index is 1.41. The maximum absolute atomic E-state index is 12.7. The minimum absolute atomic E-state index is 0.138. The highest BCUT2D eigenvalue weighted by Crippen LogP contribution is 2.29. The van der Waals surface area contributed by atoms with E-state index in [1.807, 2.05) is 48.2 Å². The summed E-state index contributed by atoms with van der Waals surface area (Å²) >= 11 is 2.87. The first kappa shape index (κ1) is 23.5. The lowest BCUT2D eigenvalue weighted by Gasteiger charge is -2.13. The van der Waals surface area contributed by atoms with Gasteiger partial charge in [0.2, 0.25) is 5.91 Å². The van der Waals surface area contributed by atoms with Crippen LogP contribution in [-0.2, 0) is 11.8 Å². The van der Waals surface area contributed by atoms with Crippen LogP contribution >= 0.6 is 23.1 Å². The molecule has 4 aromatic rings. The van der Waals surface area contributed by atoms with Crippen molar-refractivity contribution in [3.05, 3.63) is 71.1 Å². The number of amides is 2. The SMILES string of the molecule is COc1ccc(NC(=O)c2ccc(C)cc2)cc1NC(=O)CSc1nnc(-c2cccs2)n1C. The maximum Gasteiger partial charge on any atom is 0.255 e. The van der Waals surface area contributed by atoms with E-state index in [0.29, 0.717) is 27.8 Å². The van der Waals surface area contributed by atoms with E-state index in [4.69, 9.17) is 4.74 Å². The van der Waals surface area contributed by atoms with Gasteiger partial charge in [-0.05, 0) is 48.7 Å². The van der Waals surface area contributed by atoms with E-state index in [0.717, 1.165) is 16.3 Å². The average molecular weight is 494 g/mol. The predicted octanol–water partition coefficient (Wildman–Crippen LogP) is 4.84. The van der Waals surface area contributed by atoms with E-state index in [9.17, 15) is 9.59 Å². The number of aryl methyl sites for hydroxylation is 1. The summed E-state index contributed by atoms with van der Waals surface area (Å²) in [6.07, 6.45) is 0. The van der Waals surface area contributed by atoms with Gasteiger partial charge in [0.15, 0.2) is 11.0 Å². The molecule has 174 valence electrons. The average Bonchev–Trinajstić information content (AvgIpc) is 3.48. The van der Waals surface area contributed by atoms with E-state index < -0.39 is 0 Å². The Bertz CT molecular complexity index is 1300. The Morgan fingerprint density at radius 3 is 2.59 bits per heavy atom. The first-order valence-corrected chi connectivity index (χ1v) is 12.2. The number of carbonyl (C=O) groups is 2. The standard InChI is InChI=1S/C24H23N5O3S2/c1-15-6-8-16(9-7-15)23(31)25-17-10-11-19(32-3)18(13-17)26-21(30)14-34-24-28-27-22(29(24)2)20-5-4-12-33-20/h4-13H,14H2,1-3H3,(H,25,31)(H,26,30). The van der Waals surface area contributed by atoms with E-state index in [2.05, 4.69) is 20.8 Å². The van der Waals surface area contributed by atoms with Crippen LogP contribution in [0.2, 0.25) is 0 Å². The van der Waals surface area contributed by atoms with E-state index in [1.54, 1.807) is 41.7 Å². The first-order chi connectivity index (χ1) is 16.4. The lowest BCUT2D eigenvalue weighted by Crippen LogP contribution is -2.16. The van der Waals surface area contributed by atoms with Crippen LogP contribution in [-0.4, -0.2) is 39.4 Å². The lowest BCUT2D eigenvalue weighted by atomic mass is 10.1. The van der Waals surface area contributed by atoms with E-state index in [-0.39, 0.29) is 17.6 Å². The van der Waals surface area contributed by atoms with Gasteiger partial charge in [-0.2, -0.15) is 0 Å². The van der Waals surface area contributed by atoms with Gasteiger partial charge in [-0.3, -0.25) is 9.59 Å². The number of thiophene rings is 1. The summed E-state index contributed by atoms with van der Waals surface area (Å²) in [7, 11) is 3.40. The number of methoxy groups -OCH3 is 1. The number of anilines is 2. The number of thioether (sulfide) groups is 1. The fourth-order valence-electron chi connectivity index (χ4n) is 3.17. The number of hydrogen-bond donors (Lipinski definition) is 2. The smallest absolute Gasteiger partial charge is 0.255 e. The zero-order valence-corrected chi connectivity index (χ0v) is 20.5. The molecule has 2 N–H and O–H groups in total. The highest BCUT2D eigenvalue weighted by Gasteiger charge is 2.15. The summed E-state index contributed by atoms with van der Waals surface area (Å²) in [4.78, 5) is 26.2. The van der Waals surface area contributed by atoms with Crippen LogP contribution in [0, 0.1) is 6.92 Å². The Labute approximate surface area is 205 Å². The number of nitrogens with zero attached hydrogens (tertiary/aromatic N) is 3. The molecule has 2 heterocycles. The van der Waals surface area contributed by atoms with Gasteiger partial charge in [-0.25, -0.2) is 0 Å². The molecule has 2 aromatic heterocycles. The van der Waals surface area contributed by atoms with Crippen LogP contribution in [0.25, 0.3) is 10.7 Å². The molecular weight excluding hydrogens is 470 g/mol. The molecule has 0 saturated heterocycles. The minimum Gasteiger partial charge on any atom is -0.495 e. The van der Waals surface area contributed by atoms with Crippen molar-refractivity contribution in [3.63, 3.8) is 0 Å². The molecular formula is C24H23N5O3S2. The van der Waals surface area contributed by atoms with Crippen molar-refractivity contribution >= 4 is 46.3 Å². The molecule has 0 radical (unpaired) electrons. The second kappa shape index (κ2) is 10.5. The lowest BCUT2D eigenvalue weighted by molar-refractivity contribution is -0.113. The number of carbonyl (C=O) groups excluding carboxylic acids is 2. The molecule has 0 unspecified atom stereocenters. The summed E-state index contributed by atoms with van der Waals surface area (Å²) in [5.41, 5.74) is 2.64. The fraction of sp³-hybridized carbons (Fsp3) is 0.167. The number of hydrogen-bond acceptors (Lipinski definition) is 7. The van der Waals surface area contributed by atoms with Crippen molar-refractivity contribution in [2.75, 3.05) is 23.5 Å². The molecule has 10 heteroatoms. The van der Waals surface area contributed by atoms with E-state index >= 15 is 0 Å². The second-order valence-corrected chi connectivity index (χ2v) is 9.30. The second-order valence-electron chi connectivity index (χ2n) is 7.41. The molecule has 0 saturated carbocycles. The highest BCUT2D eigenvalue weighted by atomic mass is 32.2. The van der Waals surface area contributed by atoms with Gasteiger partial charge in [0, 0.05) is 18.3 Å². The molecule has 0 atom stereocenters. The molecule has 0 spiro atoms. The largest absolute Gasteiger partial charge is 0.495 e. The number of benzene rings is 2. The van der Waals surface area contributed by atoms with Crippen molar-refractivity contribution in [1.82, 2.24) is 14.8 Å². The van der Waals surface area contributed by atoms with Crippen molar-refractivity contribution in [3.8, 4) is 16.5 Å². The quantitative estimate of drug-likeness (QED) is 0.341. The van der Waals surface area contributed by atoms with Crippen LogP contribution < -0.4 is 15.4 Å². The third-order valence-electron chi connectivity index (χ3n) is 4.95. The van der Waals surface area contributed by atoms with E-state index in [1.165, 1.54) is 18.9 Å². The van der Waals surface area contributed by atoms with Gasteiger partial charge in [-0.15, -0.1) is 21.5 Å².